The van der Waals surface area contributed by atoms with E-state index < -0.39 is 18.9 Å². The lowest BCUT2D eigenvalue weighted by Gasteiger charge is -2.26. The van der Waals surface area contributed by atoms with Gasteiger partial charge in [-0.1, -0.05) is 73.2 Å². The highest BCUT2D eigenvalue weighted by Gasteiger charge is 2.34. The molecule has 0 bridgehead atoms. The second-order valence-corrected chi connectivity index (χ2v) is 10.5. The minimum Gasteiger partial charge on any atom is -0.461 e. The first-order chi connectivity index (χ1) is 15.0. The number of halogens is 1. The van der Waals surface area contributed by atoms with Gasteiger partial charge in [0.2, 0.25) is 0 Å². The van der Waals surface area contributed by atoms with Crippen molar-refractivity contribution in [1.82, 2.24) is 5.09 Å². The zero-order chi connectivity index (χ0) is 21.7. The summed E-state index contributed by atoms with van der Waals surface area (Å²) >= 11 is 6.32. The zero-order valence-corrected chi connectivity index (χ0v) is 18.7. The molecule has 3 aromatic carbocycles. The van der Waals surface area contributed by atoms with Crippen molar-refractivity contribution < 1.29 is 18.6 Å². The molecule has 0 heterocycles. The lowest BCUT2D eigenvalue weighted by molar-refractivity contribution is -0.152. The topological polar surface area (TPSA) is 64.6 Å². The molecule has 0 aliphatic heterocycles. The van der Waals surface area contributed by atoms with Crippen LogP contribution in [0.15, 0.2) is 72.8 Å². The lowest BCUT2D eigenvalue weighted by atomic mass is 9.97. The molecule has 5 nitrogen and oxygen atoms in total. The molecule has 1 N–H and O–H groups in total. The predicted octanol–water partition coefficient (Wildman–Crippen LogP) is 6.77. The Labute approximate surface area is 187 Å². The maximum Gasteiger partial charge on any atom is 0.410 e. The Hall–Kier alpha value is -2.33. The van der Waals surface area contributed by atoms with Crippen molar-refractivity contribution in [2.24, 2.45) is 0 Å². The van der Waals surface area contributed by atoms with Crippen LogP contribution in [0.25, 0.3) is 10.8 Å². The van der Waals surface area contributed by atoms with Gasteiger partial charge in [-0.05, 0) is 42.7 Å². The molecule has 0 radical (unpaired) electrons. The number of carbonyl (C=O) groups is 1. The Morgan fingerprint density at radius 1 is 0.935 bits per heavy atom. The van der Waals surface area contributed by atoms with Gasteiger partial charge in [0.05, 0.1) is 0 Å². The summed E-state index contributed by atoms with van der Waals surface area (Å²) in [6, 6.07) is 21.0. The van der Waals surface area contributed by atoms with Gasteiger partial charge in [-0.15, -0.1) is 0 Å². The Morgan fingerprint density at radius 2 is 1.61 bits per heavy atom. The van der Waals surface area contributed by atoms with Crippen LogP contribution >= 0.6 is 18.1 Å². The van der Waals surface area contributed by atoms with Crippen LogP contribution in [0, 0.1) is 0 Å². The third-order valence-electron chi connectivity index (χ3n) is 5.45. The number of esters is 1. The first kappa shape index (κ1) is 21.9. The first-order valence-electron chi connectivity index (χ1n) is 10.5. The molecule has 1 saturated carbocycles. The number of hydrogen-bond acceptors (Lipinski definition) is 4. The summed E-state index contributed by atoms with van der Waals surface area (Å²) in [6.45, 7) is -3.93. The number of nitrogens with one attached hydrogen (secondary N) is 1. The van der Waals surface area contributed by atoms with Crippen LogP contribution < -0.4 is 9.61 Å². The molecule has 1 fully saturated rings. The fourth-order valence-corrected chi connectivity index (χ4v) is 5.45. The summed E-state index contributed by atoms with van der Waals surface area (Å²) in [7, 11) is 0. The van der Waals surface area contributed by atoms with Gasteiger partial charge in [0, 0.05) is 16.6 Å². The second-order valence-electron chi connectivity index (χ2n) is 7.72. The van der Waals surface area contributed by atoms with Crippen LogP contribution in [0.5, 0.6) is 5.75 Å². The van der Waals surface area contributed by atoms with Crippen molar-refractivity contribution in [3.8, 4) is 5.75 Å². The summed E-state index contributed by atoms with van der Waals surface area (Å²) in [6.07, 6.45) is 4.81. The van der Waals surface area contributed by atoms with E-state index in [1.165, 1.54) is 0 Å². The van der Waals surface area contributed by atoms with Crippen LogP contribution in [0.2, 0.25) is 0 Å². The van der Waals surface area contributed by atoms with Crippen molar-refractivity contribution >= 4 is 34.9 Å². The highest BCUT2D eigenvalue weighted by molar-refractivity contribution is 7.84. The first-order valence-corrected chi connectivity index (χ1v) is 13.1. The maximum absolute atomic E-state index is 13.2. The highest BCUT2D eigenvalue weighted by atomic mass is 35.7. The van der Waals surface area contributed by atoms with E-state index in [0.717, 1.165) is 42.9 Å². The third kappa shape index (κ3) is 5.68. The molecular formula is C24H25ClNO4P. The number of benzene rings is 3. The molecule has 162 valence electrons. The number of fused-ring (bicyclic) bond motifs is 1. The van der Waals surface area contributed by atoms with E-state index in [9.17, 15) is 9.36 Å². The molecule has 0 aromatic heterocycles. The van der Waals surface area contributed by atoms with Crippen molar-refractivity contribution in [3.05, 3.63) is 78.4 Å². The van der Waals surface area contributed by atoms with E-state index in [0.29, 0.717) is 11.3 Å². The van der Waals surface area contributed by atoms with E-state index in [2.05, 4.69) is 5.09 Å². The van der Waals surface area contributed by atoms with Gasteiger partial charge < -0.3 is 9.26 Å². The minimum absolute atomic E-state index is 0.122. The van der Waals surface area contributed by atoms with Gasteiger partial charge >= 0.3 is 12.8 Å². The van der Waals surface area contributed by atoms with Crippen LogP contribution in [0.1, 0.15) is 43.7 Å². The normalized spacial score (nSPS) is 17.6. The summed E-state index contributed by atoms with van der Waals surface area (Å²) in [5.41, 5.74) is 0.616. The molecule has 0 saturated heterocycles. The van der Waals surface area contributed by atoms with Crippen molar-refractivity contribution in [1.29, 1.82) is 0 Å². The SMILES string of the molecule is O=C(OC1CCCCC1)[C@@H](NP(=O)(Cl)Oc1cccc2ccccc12)c1ccccc1. The van der Waals surface area contributed by atoms with Crippen molar-refractivity contribution in [2.45, 2.75) is 44.2 Å². The van der Waals surface area contributed by atoms with Crippen molar-refractivity contribution in [2.75, 3.05) is 0 Å². The molecule has 7 heteroatoms. The summed E-state index contributed by atoms with van der Waals surface area (Å²) < 4.78 is 24.7. The van der Waals surface area contributed by atoms with Crippen LogP contribution in [0.3, 0.4) is 0 Å². The van der Waals surface area contributed by atoms with Crippen molar-refractivity contribution in [3.63, 3.8) is 0 Å². The summed E-state index contributed by atoms with van der Waals surface area (Å²) in [4.78, 5) is 13.0. The average molecular weight is 458 g/mol. The molecule has 3 aromatic rings. The van der Waals surface area contributed by atoms with E-state index in [-0.39, 0.29) is 6.10 Å². The van der Waals surface area contributed by atoms with E-state index >= 15 is 0 Å². The third-order valence-corrected chi connectivity index (χ3v) is 6.95. The quantitative estimate of drug-likeness (QED) is 0.313. The molecule has 1 aliphatic rings. The Balaban J connectivity index is 1.56. The van der Waals surface area contributed by atoms with E-state index in [1.807, 2.05) is 48.5 Å². The lowest BCUT2D eigenvalue weighted by Crippen LogP contribution is -2.32. The standard InChI is InChI=1S/C24H25ClNO4P/c25-31(28,30-22-17-9-13-18-10-7-8-16-21(18)22)26-23(19-11-3-1-4-12-19)24(27)29-20-14-5-2-6-15-20/h1,3-4,7-13,16-17,20,23H,2,5-6,14-15H2,(H,26,28)/t23-,31?/m0/s1. The van der Waals surface area contributed by atoms with Crippen LogP contribution in [-0.4, -0.2) is 12.1 Å². The molecule has 4 rings (SSSR count). The minimum atomic E-state index is -3.93. The Bertz CT molecular complexity index is 1080. The molecular weight excluding hydrogens is 433 g/mol. The van der Waals surface area contributed by atoms with Gasteiger partial charge in [-0.2, -0.15) is 0 Å². The molecule has 31 heavy (non-hydrogen) atoms. The monoisotopic (exact) mass is 457 g/mol. The van der Waals surface area contributed by atoms with Crippen LogP contribution in [-0.2, 0) is 14.1 Å². The fourth-order valence-electron chi connectivity index (χ4n) is 3.91. The zero-order valence-electron chi connectivity index (χ0n) is 17.1. The number of carbonyl (C=O) groups excluding carboxylic acids is 1. The number of rotatable bonds is 7. The highest BCUT2D eigenvalue weighted by Crippen LogP contribution is 2.51. The summed E-state index contributed by atoms with van der Waals surface area (Å²) in [5, 5.41) is 4.46. The summed E-state index contributed by atoms with van der Waals surface area (Å²) in [5.74, 6) is -0.114. The van der Waals surface area contributed by atoms with Gasteiger partial charge in [0.25, 0.3) is 0 Å². The Kier molecular flexibility index (Phi) is 6.96. The second kappa shape index (κ2) is 9.86. The molecule has 2 atom stereocenters. The van der Waals surface area contributed by atoms with E-state index in [1.54, 1.807) is 24.3 Å². The largest absolute Gasteiger partial charge is 0.461 e. The Morgan fingerprint density at radius 3 is 2.39 bits per heavy atom. The van der Waals surface area contributed by atoms with Crippen LogP contribution in [0.4, 0.5) is 0 Å². The maximum atomic E-state index is 13.2. The number of hydrogen-bond donors (Lipinski definition) is 1. The molecule has 1 unspecified atom stereocenters. The molecule has 0 spiro atoms. The van der Waals surface area contributed by atoms with E-state index in [4.69, 9.17) is 20.5 Å². The van der Waals surface area contributed by atoms with Gasteiger partial charge in [0.15, 0.2) is 0 Å². The smallest absolute Gasteiger partial charge is 0.410 e. The van der Waals surface area contributed by atoms with Gasteiger partial charge in [-0.25, -0.2) is 14.4 Å². The molecule has 1 aliphatic carbocycles. The van der Waals surface area contributed by atoms with Gasteiger partial charge in [-0.3, -0.25) is 0 Å². The fraction of sp³-hybridized carbons (Fsp3) is 0.292. The average Bonchev–Trinajstić information content (AvgIpc) is 2.79. The number of ether oxygens (including phenoxy) is 1. The molecule has 0 amide bonds. The predicted molar refractivity (Wildman–Crippen MR) is 123 cm³/mol. The van der Waals surface area contributed by atoms with Gasteiger partial charge in [0.1, 0.15) is 17.9 Å².